The lowest BCUT2D eigenvalue weighted by Crippen LogP contribution is -2.37. The zero-order chi connectivity index (χ0) is 10.0. The minimum atomic E-state index is 0.337. The molecule has 2 atom stereocenters. The Balaban J connectivity index is 1.72. The zero-order valence-corrected chi connectivity index (χ0v) is 9.16. The average Bonchev–Trinajstić information content (AvgIpc) is 2.92. The van der Waals surface area contributed by atoms with Gasteiger partial charge in [-0.2, -0.15) is 0 Å². The molecule has 0 radical (unpaired) electrons. The lowest BCUT2D eigenvalue weighted by atomic mass is 10.1. The molecule has 0 amide bonds. The van der Waals surface area contributed by atoms with Crippen molar-refractivity contribution in [3.8, 4) is 0 Å². The van der Waals surface area contributed by atoms with E-state index in [-0.39, 0.29) is 0 Å². The van der Waals surface area contributed by atoms with Crippen molar-refractivity contribution in [3.05, 3.63) is 24.3 Å². The molecule has 2 nitrogen and oxygen atoms in total. The normalized spacial score (nSPS) is 33.5. The fourth-order valence-electron chi connectivity index (χ4n) is 2.06. The third-order valence-corrected chi connectivity index (χ3v) is 3.39. The predicted molar refractivity (Wildman–Crippen MR) is 60.3 cm³/mol. The van der Waals surface area contributed by atoms with E-state index in [1.165, 1.54) is 6.42 Å². The second kappa shape index (κ2) is 3.87. The van der Waals surface area contributed by atoms with Crippen molar-refractivity contribution < 1.29 is 0 Å². The Hall–Kier alpha value is -0.600. The van der Waals surface area contributed by atoms with Gasteiger partial charge in [0.15, 0.2) is 0 Å². The van der Waals surface area contributed by atoms with Crippen LogP contribution in [0.4, 0.5) is 0 Å². The van der Waals surface area contributed by atoms with E-state index >= 15 is 0 Å². The summed E-state index contributed by atoms with van der Waals surface area (Å²) >= 11 is 0. The first-order chi connectivity index (χ1) is 6.77. The fraction of sp³-hybridized carbons (Fsp3) is 0.667. The maximum atomic E-state index is 3.66. The number of nitrogens with one attached hydrogen (secondary N) is 1. The van der Waals surface area contributed by atoms with Crippen molar-refractivity contribution in [3.63, 3.8) is 0 Å². The van der Waals surface area contributed by atoms with Gasteiger partial charge in [0.25, 0.3) is 0 Å². The molecule has 0 aliphatic heterocycles. The molecule has 2 aliphatic carbocycles. The fourth-order valence-corrected chi connectivity index (χ4v) is 2.06. The highest BCUT2D eigenvalue weighted by atomic mass is 15.1. The molecule has 0 heterocycles. The quantitative estimate of drug-likeness (QED) is 0.708. The Morgan fingerprint density at radius 3 is 3.07 bits per heavy atom. The van der Waals surface area contributed by atoms with Gasteiger partial charge < -0.3 is 10.2 Å². The van der Waals surface area contributed by atoms with Gasteiger partial charge in [0.1, 0.15) is 0 Å². The van der Waals surface area contributed by atoms with Crippen molar-refractivity contribution in [1.82, 2.24) is 10.2 Å². The second-order valence-electron chi connectivity index (χ2n) is 4.42. The first kappa shape index (κ1) is 9.94. The van der Waals surface area contributed by atoms with Crippen LogP contribution >= 0.6 is 0 Å². The number of fused-ring (bicyclic) bond motifs is 1. The zero-order valence-electron chi connectivity index (χ0n) is 9.16. The summed E-state index contributed by atoms with van der Waals surface area (Å²) in [5, 5.41) is 3.66. The van der Waals surface area contributed by atoms with Gasteiger partial charge in [-0.05, 0) is 20.0 Å². The summed E-state index contributed by atoms with van der Waals surface area (Å²) in [6.45, 7) is 5.57. The Labute approximate surface area is 86.7 Å². The summed E-state index contributed by atoms with van der Waals surface area (Å²) in [6, 6.07) is 0. The molecule has 1 fully saturated rings. The van der Waals surface area contributed by atoms with Crippen LogP contribution in [0, 0.1) is 5.92 Å². The van der Waals surface area contributed by atoms with E-state index in [0.29, 0.717) is 5.54 Å². The molecular weight excluding hydrogens is 172 g/mol. The van der Waals surface area contributed by atoms with Crippen LogP contribution in [-0.4, -0.2) is 37.1 Å². The lowest BCUT2D eigenvalue weighted by molar-refractivity contribution is 0.341. The van der Waals surface area contributed by atoms with Gasteiger partial charge >= 0.3 is 0 Å². The van der Waals surface area contributed by atoms with Gasteiger partial charge in [0, 0.05) is 24.5 Å². The highest BCUT2D eigenvalue weighted by Gasteiger charge is 2.50. The van der Waals surface area contributed by atoms with Crippen LogP contribution in [0.1, 0.15) is 13.3 Å². The summed E-state index contributed by atoms with van der Waals surface area (Å²) in [6.07, 6.45) is 10.3. The highest BCUT2D eigenvalue weighted by Crippen LogP contribution is 2.47. The van der Waals surface area contributed by atoms with Crippen molar-refractivity contribution >= 4 is 0 Å². The van der Waals surface area contributed by atoms with Crippen molar-refractivity contribution in [2.24, 2.45) is 5.92 Å². The molecule has 0 aromatic carbocycles. The number of likely N-dealkylation sites (N-methyl/N-ethyl adjacent to an activating group) is 1. The third-order valence-electron chi connectivity index (χ3n) is 3.39. The summed E-state index contributed by atoms with van der Waals surface area (Å²) in [4.78, 5) is 2.34. The number of allylic oxidation sites excluding steroid dienone is 2. The standard InChI is InChI=1S/C12H20N2/c1-3-14(2)9-8-13-12-7-5-4-6-11(12)10-12/h4-7,11,13H,3,8-10H2,1-2H3. The summed E-state index contributed by atoms with van der Waals surface area (Å²) in [7, 11) is 2.17. The molecule has 0 bridgehead atoms. The molecule has 0 saturated heterocycles. The molecule has 0 spiro atoms. The van der Waals surface area contributed by atoms with Crippen LogP contribution in [0.5, 0.6) is 0 Å². The van der Waals surface area contributed by atoms with E-state index in [9.17, 15) is 0 Å². The van der Waals surface area contributed by atoms with E-state index < -0.39 is 0 Å². The predicted octanol–water partition coefficient (Wildman–Crippen LogP) is 1.41. The first-order valence-electron chi connectivity index (χ1n) is 5.56. The van der Waals surface area contributed by atoms with Crippen molar-refractivity contribution in [2.75, 3.05) is 26.7 Å². The van der Waals surface area contributed by atoms with E-state index in [1.54, 1.807) is 0 Å². The molecule has 1 N–H and O–H groups in total. The number of hydrogen-bond donors (Lipinski definition) is 1. The molecule has 14 heavy (non-hydrogen) atoms. The van der Waals surface area contributed by atoms with Crippen LogP contribution < -0.4 is 5.32 Å². The topological polar surface area (TPSA) is 15.3 Å². The summed E-state index contributed by atoms with van der Waals surface area (Å²) in [5.41, 5.74) is 0.337. The van der Waals surface area contributed by atoms with Gasteiger partial charge in [-0.25, -0.2) is 0 Å². The van der Waals surface area contributed by atoms with Crippen LogP contribution in [-0.2, 0) is 0 Å². The molecule has 1 saturated carbocycles. The van der Waals surface area contributed by atoms with Crippen LogP contribution in [0.15, 0.2) is 24.3 Å². The molecule has 2 heteroatoms. The van der Waals surface area contributed by atoms with Gasteiger partial charge in [-0.15, -0.1) is 0 Å². The SMILES string of the molecule is CCN(C)CCNC12C=CC=CC1C2. The summed E-state index contributed by atoms with van der Waals surface area (Å²) < 4.78 is 0. The molecule has 2 rings (SSSR count). The monoisotopic (exact) mass is 192 g/mol. The Morgan fingerprint density at radius 2 is 2.36 bits per heavy atom. The minimum absolute atomic E-state index is 0.337. The Kier molecular flexibility index (Phi) is 2.75. The molecule has 0 aromatic heterocycles. The number of rotatable bonds is 5. The van der Waals surface area contributed by atoms with Gasteiger partial charge in [0.2, 0.25) is 0 Å². The van der Waals surface area contributed by atoms with Gasteiger partial charge in [0.05, 0.1) is 0 Å². The molecule has 2 unspecified atom stereocenters. The maximum absolute atomic E-state index is 3.66. The van der Waals surface area contributed by atoms with Gasteiger partial charge in [-0.3, -0.25) is 0 Å². The van der Waals surface area contributed by atoms with Crippen LogP contribution in [0.25, 0.3) is 0 Å². The van der Waals surface area contributed by atoms with E-state index in [0.717, 1.165) is 25.6 Å². The van der Waals surface area contributed by atoms with Crippen LogP contribution in [0.3, 0.4) is 0 Å². The largest absolute Gasteiger partial charge is 0.306 e. The smallest absolute Gasteiger partial charge is 0.0438 e. The molecule has 78 valence electrons. The Bertz CT molecular complexity index is 257. The third kappa shape index (κ3) is 1.91. The van der Waals surface area contributed by atoms with E-state index in [1.807, 2.05) is 0 Å². The van der Waals surface area contributed by atoms with Gasteiger partial charge in [-0.1, -0.05) is 31.2 Å². The highest BCUT2D eigenvalue weighted by molar-refractivity contribution is 5.34. The summed E-state index contributed by atoms with van der Waals surface area (Å²) in [5.74, 6) is 0.763. The lowest BCUT2D eigenvalue weighted by Gasteiger charge is -2.19. The van der Waals surface area contributed by atoms with Crippen molar-refractivity contribution in [2.45, 2.75) is 18.9 Å². The average molecular weight is 192 g/mol. The molecular formula is C12H20N2. The second-order valence-corrected chi connectivity index (χ2v) is 4.42. The molecule has 0 aromatic rings. The first-order valence-corrected chi connectivity index (χ1v) is 5.56. The van der Waals surface area contributed by atoms with Crippen LogP contribution in [0.2, 0.25) is 0 Å². The number of hydrogen-bond acceptors (Lipinski definition) is 2. The minimum Gasteiger partial charge on any atom is -0.306 e. The number of nitrogens with zero attached hydrogens (tertiary/aromatic N) is 1. The van der Waals surface area contributed by atoms with E-state index in [4.69, 9.17) is 0 Å². The maximum Gasteiger partial charge on any atom is 0.0438 e. The van der Waals surface area contributed by atoms with Crippen molar-refractivity contribution in [1.29, 1.82) is 0 Å². The molecule has 2 aliphatic rings. The Morgan fingerprint density at radius 1 is 1.50 bits per heavy atom. The van der Waals surface area contributed by atoms with E-state index in [2.05, 4.69) is 48.5 Å².